The second kappa shape index (κ2) is 5.92. The number of nitrogens with one attached hydrogen (secondary N) is 2. The third kappa shape index (κ3) is 4.03. The number of rotatable bonds is 5. The van der Waals surface area contributed by atoms with Crippen molar-refractivity contribution in [2.75, 3.05) is 24.7 Å². The molecule has 1 atom stereocenters. The standard InChI is InChI=1S/C11H13BrN2O2S3/c1-19(2,15)14-4-3-13-9-5-8(17)11-10(16-9)7(12)6-18-11/h5-6,13H,1,3-4H2,2H3,(H,14,15). The van der Waals surface area contributed by atoms with Crippen molar-refractivity contribution in [2.24, 2.45) is 0 Å². The first kappa shape index (κ1) is 15.0. The van der Waals surface area contributed by atoms with Gasteiger partial charge in [0.05, 0.1) is 13.7 Å². The van der Waals surface area contributed by atoms with Gasteiger partial charge < -0.3 is 9.73 Å². The van der Waals surface area contributed by atoms with E-state index in [1.165, 1.54) is 0 Å². The SMILES string of the molecule is C=S(C)(=O)NCCNc1cc(=S)c2scc(Br)c2o1. The minimum absolute atomic E-state index is 0.532. The molecule has 0 bridgehead atoms. The molecule has 1 unspecified atom stereocenters. The van der Waals surface area contributed by atoms with Crippen LogP contribution in [0.4, 0.5) is 5.88 Å². The van der Waals surface area contributed by atoms with Crippen molar-refractivity contribution in [1.82, 2.24) is 4.72 Å². The van der Waals surface area contributed by atoms with Gasteiger partial charge in [-0.05, 0) is 21.8 Å². The highest BCUT2D eigenvalue weighted by Gasteiger charge is 2.07. The van der Waals surface area contributed by atoms with Gasteiger partial charge in [0.2, 0.25) is 0 Å². The Labute approximate surface area is 129 Å². The molecule has 0 aliphatic carbocycles. The van der Waals surface area contributed by atoms with Crippen LogP contribution < -0.4 is 10.0 Å². The van der Waals surface area contributed by atoms with Gasteiger partial charge in [-0.25, -0.2) is 4.72 Å². The lowest BCUT2D eigenvalue weighted by Gasteiger charge is -2.08. The van der Waals surface area contributed by atoms with E-state index in [-0.39, 0.29) is 0 Å². The lowest BCUT2D eigenvalue weighted by atomic mass is 10.4. The molecule has 0 spiro atoms. The molecule has 8 heteroatoms. The Bertz CT molecular complexity index is 749. The molecule has 2 heterocycles. The first-order chi connectivity index (χ1) is 8.87. The zero-order chi connectivity index (χ0) is 14.0. The highest BCUT2D eigenvalue weighted by molar-refractivity contribution is 9.10. The summed E-state index contributed by atoms with van der Waals surface area (Å²) in [4.78, 5) is 0. The lowest BCUT2D eigenvalue weighted by Crippen LogP contribution is -2.27. The molecule has 0 radical (unpaired) electrons. The molecule has 2 N–H and O–H groups in total. The number of hydrogen-bond donors (Lipinski definition) is 2. The fourth-order valence-corrected chi connectivity index (χ4v) is 3.79. The van der Waals surface area contributed by atoms with Gasteiger partial charge in [-0.3, -0.25) is 4.21 Å². The van der Waals surface area contributed by atoms with E-state index >= 15 is 0 Å². The average molecular weight is 381 g/mol. The van der Waals surface area contributed by atoms with Crippen LogP contribution in [0.25, 0.3) is 10.3 Å². The molecule has 104 valence electrons. The van der Waals surface area contributed by atoms with Crippen molar-refractivity contribution in [3.05, 3.63) is 20.4 Å². The van der Waals surface area contributed by atoms with Gasteiger partial charge in [-0.15, -0.1) is 11.3 Å². The van der Waals surface area contributed by atoms with Gasteiger partial charge in [0, 0.05) is 40.5 Å². The van der Waals surface area contributed by atoms with Crippen LogP contribution >= 0.6 is 39.5 Å². The minimum atomic E-state index is -2.17. The van der Waals surface area contributed by atoms with Crippen LogP contribution in [0.3, 0.4) is 0 Å². The third-order valence-electron chi connectivity index (χ3n) is 2.23. The fourth-order valence-electron chi connectivity index (χ4n) is 1.46. The summed E-state index contributed by atoms with van der Waals surface area (Å²) in [7, 11) is -2.17. The molecule has 2 aromatic heterocycles. The molecule has 0 fully saturated rings. The van der Waals surface area contributed by atoms with Gasteiger partial charge >= 0.3 is 0 Å². The molecule has 0 saturated heterocycles. The summed E-state index contributed by atoms with van der Waals surface area (Å²) in [5, 5.41) is 5.05. The van der Waals surface area contributed by atoms with Crippen molar-refractivity contribution < 1.29 is 8.63 Å². The molecule has 0 amide bonds. The number of hydrogen-bond acceptors (Lipinski definition) is 5. The van der Waals surface area contributed by atoms with Crippen LogP contribution in [0.2, 0.25) is 0 Å². The smallest absolute Gasteiger partial charge is 0.195 e. The van der Waals surface area contributed by atoms with E-state index in [0.717, 1.165) is 19.3 Å². The molecule has 19 heavy (non-hydrogen) atoms. The van der Waals surface area contributed by atoms with Crippen LogP contribution in [-0.2, 0) is 9.71 Å². The van der Waals surface area contributed by atoms with Gasteiger partial charge in [0.15, 0.2) is 11.5 Å². The van der Waals surface area contributed by atoms with E-state index in [1.807, 2.05) is 5.38 Å². The molecule has 0 aliphatic heterocycles. The summed E-state index contributed by atoms with van der Waals surface area (Å²) < 4.78 is 22.5. The minimum Gasteiger partial charge on any atom is -0.439 e. The zero-order valence-electron chi connectivity index (χ0n) is 10.2. The molecule has 4 nitrogen and oxygen atoms in total. The Hall–Kier alpha value is -0.410. The summed E-state index contributed by atoms with van der Waals surface area (Å²) in [6.45, 7) is 1.11. The van der Waals surface area contributed by atoms with Gasteiger partial charge in [0.1, 0.15) is 0 Å². The maximum Gasteiger partial charge on any atom is 0.195 e. The largest absolute Gasteiger partial charge is 0.439 e. The first-order valence-electron chi connectivity index (χ1n) is 5.38. The van der Waals surface area contributed by atoms with Crippen LogP contribution in [0.15, 0.2) is 20.3 Å². The summed E-state index contributed by atoms with van der Waals surface area (Å²) in [6.07, 6.45) is 1.56. The molecule has 0 aliphatic rings. The third-order valence-corrected chi connectivity index (χ3v) is 5.39. The van der Waals surface area contributed by atoms with Gasteiger partial charge in [0.25, 0.3) is 0 Å². The molecule has 2 rings (SSSR count). The van der Waals surface area contributed by atoms with E-state index in [1.54, 1.807) is 23.7 Å². The monoisotopic (exact) mass is 380 g/mol. The average Bonchev–Trinajstić information content (AvgIpc) is 2.66. The van der Waals surface area contributed by atoms with E-state index in [0.29, 0.717) is 19.0 Å². The lowest BCUT2D eigenvalue weighted by molar-refractivity contribution is 0.613. The van der Waals surface area contributed by atoms with Gasteiger partial charge in [-0.1, -0.05) is 12.2 Å². The van der Waals surface area contributed by atoms with Crippen molar-refractivity contribution >= 4 is 71.2 Å². The highest BCUT2D eigenvalue weighted by atomic mass is 79.9. The summed E-state index contributed by atoms with van der Waals surface area (Å²) >= 11 is 10.3. The first-order valence-corrected chi connectivity index (χ1v) is 9.60. The fraction of sp³-hybridized carbons (Fsp3) is 0.273. The molecule has 0 aromatic carbocycles. The summed E-state index contributed by atoms with van der Waals surface area (Å²) in [6, 6.07) is 1.79. The Morgan fingerprint density at radius 1 is 1.58 bits per heavy atom. The van der Waals surface area contributed by atoms with Crippen LogP contribution in [0, 0.1) is 4.51 Å². The number of fused-ring (bicyclic) bond motifs is 1. The van der Waals surface area contributed by atoms with Crippen LogP contribution in [0.5, 0.6) is 0 Å². The van der Waals surface area contributed by atoms with E-state index in [4.69, 9.17) is 16.6 Å². The van der Waals surface area contributed by atoms with Gasteiger partial charge in [-0.2, -0.15) is 0 Å². The van der Waals surface area contributed by atoms with Crippen LogP contribution in [-0.4, -0.2) is 29.4 Å². The normalized spacial score (nSPS) is 14.4. The van der Waals surface area contributed by atoms with Crippen molar-refractivity contribution in [2.45, 2.75) is 0 Å². The Balaban J connectivity index is 2.09. The summed E-state index contributed by atoms with van der Waals surface area (Å²) in [5.41, 5.74) is 0.754. The Morgan fingerprint density at radius 2 is 2.32 bits per heavy atom. The predicted octanol–water partition coefficient (Wildman–Crippen LogP) is 3.25. The molecule has 0 saturated carbocycles. The maximum atomic E-state index is 11.3. The number of anilines is 1. The second-order valence-electron chi connectivity index (χ2n) is 4.04. The van der Waals surface area contributed by atoms with Crippen molar-refractivity contribution in [3.63, 3.8) is 0 Å². The van der Waals surface area contributed by atoms with E-state index in [9.17, 15) is 4.21 Å². The van der Waals surface area contributed by atoms with Crippen molar-refractivity contribution in [3.8, 4) is 0 Å². The zero-order valence-corrected chi connectivity index (χ0v) is 14.2. The number of halogens is 1. The molecular weight excluding hydrogens is 368 g/mol. The maximum absolute atomic E-state index is 11.3. The molecule has 2 aromatic rings. The topological polar surface area (TPSA) is 54.3 Å². The highest BCUT2D eigenvalue weighted by Crippen LogP contribution is 2.33. The summed E-state index contributed by atoms with van der Waals surface area (Å²) in [5.74, 6) is 4.12. The Kier molecular flexibility index (Phi) is 4.67. The second-order valence-corrected chi connectivity index (χ2v) is 8.52. The van der Waals surface area contributed by atoms with E-state index in [2.05, 4.69) is 31.8 Å². The van der Waals surface area contributed by atoms with Crippen molar-refractivity contribution in [1.29, 1.82) is 0 Å². The van der Waals surface area contributed by atoms with E-state index < -0.39 is 9.71 Å². The quantitative estimate of drug-likeness (QED) is 0.617. The Morgan fingerprint density at radius 3 is 3.00 bits per heavy atom. The molecular formula is C11H13BrN2O2S3. The van der Waals surface area contributed by atoms with Crippen LogP contribution in [0.1, 0.15) is 0 Å². The number of thiophene rings is 1. The predicted molar refractivity (Wildman–Crippen MR) is 90.3 cm³/mol.